The molecular weight excluding hydrogens is 458 g/mol. The van der Waals surface area contributed by atoms with Gasteiger partial charge in [0.15, 0.2) is 0 Å². The second kappa shape index (κ2) is 9.41. The number of fused-ring (bicyclic) bond motifs is 1. The van der Waals surface area contributed by atoms with Crippen LogP contribution in [0.4, 0.5) is 17.1 Å². The number of hydrogen-bond donors (Lipinski definition) is 2. The van der Waals surface area contributed by atoms with E-state index in [0.717, 1.165) is 4.31 Å². The fourth-order valence-corrected chi connectivity index (χ4v) is 4.53. The molecule has 1 aliphatic heterocycles. The normalized spacial score (nSPS) is 13.2. The molecule has 174 valence electrons. The van der Waals surface area contributed by atoms with Crippen molar-refractivity contribution in [3.63, 3.8) is 0 Å². The summed E-state index contributed by atoms with van der Waals surface area (Å²) in [7, 11) is -2.56. The zero-order valence-corrected chi connectivity index (χ0v) is 19.0. The van der Waals surface area contributed by atoms with Gasteiger partial charge >= 0.3 is 0 Å². The van der Waals surface area contributed by atoms with Crippen LogP contribution in [0.25, 0.3) is 0 Å². The first-order valence-electron chi connectivity index (χ1n) is 10.2. The second-order valence-electron chi connectivity index (χ2n) is 7.53. The lowest BCUT2D eigenvalue weighted by atomic mass is 10.1. The lowest BCUT2D eigenvalue weighted by Crippen LogP contribution is -2.42. The third kappa shape index (κ3) is 4.80. The van der Waals surface area contributed by atoms with E-state index in [-0.39, 0.29) is 23.3 Å². The van der Waals surface area contributed by atoms with Gasteiger partial charge in [0.1, 0.15) is 11.4 Å². The number of para-hydroxylation sites is 2. The quantitative estimate of drug-likeness (QED) is 0.556. The number of benzene rings is 2. The summed E-state index contributed by atoms with van der Waals surface area (Å²) in [5, 5.41) is 5.35. The van der Waals surface area contributed by atoms with Gasteiger partial charge in [-0.1, -0.05) is 12.1 Å². The monoisotopic (exact) mass is 479 g/mol. The minimum Gasteiger partial charge on any atom is -0.325 e. The Morgan fingerprint density at radius 3 is 2.53 bits per heavy atom. The van der Waals surface area contributed by atoms with Crippen LogP contribution in [-0.2, 0) is 19.6 Å². The molecule has 0 fully saturated rings. The molecule has 1 aromatic heterocycles. The van der Waals surface area contributed by atoms with Crippen molar-refractivity contribution in [1.82, 2.24) is 9.29 Å². The largest absolute Gasteiger partial charge is 0.325 e. The maximum absolute atomic E-state index is 13.0. The summed E-state index contributed by atoms with van der Waals surface area (Å²) in [6.45, 7) is -0.510. The van der Waals surface area contributed by atoms with Crippen LogP contribution in [-0.4, -0.2) is 55.6 Å². The standard InChI is InChI=1S/C23H21N5O5S/c1-27(34(32,33)18-5-4-12-24-13-18)14-21(29)25-17-10-8-16(9-11-17)23(31)28-15-22(30)26-19-6-2-3-7-20(19)28/h2-13H,14-15H2,1H3,(H,25,29)(H,26,30). The fraction of sp³-hybridized carbons (Fsp3) is 0.130. The lowest BCUT2D eigenvalue weighted by Gasteiger charge is -2.29. The third-order valence-corrected chi connectivity index (χ3v) is 6.93. The first-order valence-corrected chi connectivity index (χ1v) is 11.7. The Labute approximate surface area is 196 Å². The molecule has 10 nitrogen and oxygen atoms in total. The van der Waals surface area contributed by atoms with Gasteiger partial charge in [-0.05, 0) is 48.5 Å². The Balaban J connectivity index is 1.42. The summed E-state index contributed by atoms with van der Waals surface area (Å²) in [5.41, 5.74) is 1.88. The highest BCUT2D eigenvalue weighted by molar-refractivity contribution is 7.89. The zero-order chi connectivity index (χ0) is 24.3. The van der Waals surface area contributed by atoms with Crippen molar-refractivity contribution >= 4 is 44.8 Å². The Morgan fingerprint density at radius 1 is 1.09 bits per heavy atom. The molecule has 3 amide bonds. The number of hydrogen-bond acceptors (Lipinski definition) is 6. The van der Waals surface area contributed by atoms with E-state index in [0.29, 0.717) is 22.6 Å². The Kier molecular flexibility index (Phi) is 6.39. The van der Waals surface area contributed by atoms with E-state index >= 15 is 0 Å². The van der Waals surface area contributed by atoms with Gasteiger partial charge in [-0.3, -0.25) is 24.3 Å². The first kappa shape index (κ1) is 23.1. The van der Waals surface area contributed by atoms with Gasteiger partial charge in [0, 0.05) is 30.7 Å². The molecule has 0 saturated heterocycles. The lowest BCUT2D eigenvalue weighted by molar-refractivity contribution is -0.116. The Hall–Kier alpha value is -4.09. The molecule has 0 saturated carbocycles. The van der Waals surface area contributed by atoms with Crippen molar-refractivity contribution in [2.24, 2.45) is 0 Å². The average Bonchev–Trinajstić information content (AvgIpc) is 2.84. The van der Waals surface area contributed by atoms with Crippen LogP contribution in [0.3, 0.4) is 0 Å². The average molecular weight is 480 g/mol. The van der Waals surface area contributed by atoms with Crippen molar-refractivity contribution in [2.45, 2.75) is 4.90 Å². The molecule has 3 aromatic rings. The molecule has 0 unspecified atom stereocenters. The topological polar surface area (TPSA) is 129 Å². The van der Waals surface area contributed by atoms with Crippen LogP contribution in [0.5, 0.6) is 0 Å². The Bertz CT molecular complexity index is 1340. The molecule has 11 heteroatoms. The van der Waals surface area contributed by atoms with Crippen LogP contribution < -0.4 is 15.5 Å². The van der Waals surface area contributed by atoms with E-state index in [2.05, 4.69) is 15.6 Å². The van der Waals surface area contributed by atoms with Crippen LogP contribution in [0.1, 0.15) is 10.4 Å². The molecular formula is C23H21N5O5S. The van der Waals surface area contributed by atoms with E-state index in [1.807, 2.05) is 0 Å². The van der Waals surface area contributed by atoms with E-state index in [1.54, 1.807) is 24.3 Å². The highest BCUT2D eigenvalue weighted by atomic mass is 32.2. The Morgan fingerprint density at radius 2 is 1.82 bits per heavy atom. The molecule has 0 spiro atoms. The van der Waals surface area contributed by atoms with Crippen molar-refractivity contribution in [3.05, 3.63) is 78.6 Å². The molecule has 2 N–H and O–H groups in total. The van der Waals surface area contributed by atoms with Gasteiger partial charge in [0.2, 0.25) is 21.8 Å². The minimum absolute atomic E-state index is 0.0128. The number of carbonyl (C=O) groups is 3. The maximum atomic E-state index is 13.0. The number of nitrogens with zero attached hydrogens (tertiary/aromatic N) is 3. The highest BCUT2D eigenvalue weighted by Crippen LogP contribution is 2.30. The summed E-state index contributed by atoms with van der Waals surface area (Å²) in [6.07, 6.45) is 2.67. The number of amides is 3. The number of likely N-dealkylation sites (N-methyl/N-ethyl adjacent to an activating group) is 1. The summed E-state index contributed by atoms with van der Waals surface area (Å²) in [5.74, 6) is -1.19. The first-order chi connectivity index (χ1) is 16.3. The molecule has 4 rings (SSSR count). The molecule has 1 aliphatic rings. The second-order valence-corrected chi connectivity index (χ2v) is 9.58. The zero-order valence-electron chi connectivity index (χ0n) is 18.1. The van der Waals surface area contributed by atoms with Gasteiger partial charge in [-0.15, -0.1) is 0 Å². The summed E-state index contributed by atoms with van der Waals surface area (Å²) in [6, 6.07) is 16.0. The number of nitrogens with one attached hydrogen (secondary N) is 2. The van der Waals surface area contributed by atoms with Gasteiger partial charge in [-0.2, -0.15) is 4.31 Å². The molecule has 2 heterocycles. The van der Waals surface area contributed by atoms with E-state index in [9.17, 15) is 22.8 Å². The van der Waals surface area contributed by atoms with Crippen LogP contribution >= 0.6 is 0 Å². The predicted octanol–water partition coefficient (Wildman–Crippen LogP) is 1.94. The summed E-state index contributed by atoms with van der Waals surface area (Å²) in [4.78, 5) is 42.6. The number of anilines is 3. The van der Waals surface area contributed by atoms with Crippen LogP contribution in [0, 0.1) is 0 Å². The third-order valence-electron chi connectivity index (χ3n) is 5.14. The van der Waals surface area contributed by atoms with Crippen molar-refractivity contribution in [3.8, 4) is 0 Å². The van der Waals surface area contributed by atoms with Gasteiger partial charge in [0.25, 0.3) is 5.91 Å². The highest BCUT2D eigenvalue weighted by Gasteiger charge is 2.27. The number of carbonyl (C=O) groups excluding carboxylic acids is 3. The van der Waals surface area contributed by atoms with E-state index in [4.69, 9.17) is 0 Å². The van der Waals surface area contributed by atoms with Gasteiger partial charge in [-0.25, -0.2) is 8.42 Å². The number of rotatable bonds is 6. The van der Waals surface area contributed by atoms with Gasteiger partial charge < -0.3 is 10.6 Å². The summed E-state index contributed by atoms with van der Waals surface area (Å²) >= 11 is 0. The smallest absolute Gasteiger partial charge is 0.258 e. The van der Waals surface area contributed by atoms with Crippen LogP contribution in [0.2, 0.25) is 0 Å². The number of aromatic nitrogens is 1. The molecule has 0 bridgehead atoms. The predicted molar refractivity (Wildman–Crippen MR) is 126 cm³/mol. The maximum Gasteiger partial charge on any atom is 0.258 e. The van der Waals surface area contributed by atoms with E-state index in [1.165, 1.54) is 60.7 Å². The van der Waals surface area contributed by atoms with Gasteiger partial charge in [0.05, 0.1) is 17.9 Å². The molecule has 0 atom stereocenters. The molecule has 0 radical (unpaired) electrons. The number of pyridine rings is 1. The van der Waals surface area contributed by atoms with Crippen molar-refractivity contribution in [1.29, 1.82) is 0 Å². The molecule has 2 aromatic carbocycles. The van der Waals surface area contributed by atoms with Crippen LogP contribution in [0.15, 0.2) is 78.0 Å². The SMILES string of the molecule is CN(CC(=O)Nc1ccc(C(=O)N2CC(=O)Nc3ccccc32)cc1)S(=O)(=O)c1cccnc1. The van der Waals surface area contributed by atoms with Crippen molar-refractivity contribution in [2.75, 3.05) is 35.7 Å². The summed E-state index contributed by atoms with van der Waals surface area (Å²) < 4.78 is 26.0. The molecule has 0 aliphatic carbocycles. The van der Waals surface area contributed by atoms with Crippen molar-refractivity contribution < 1.29 is 22.8 Å². The minimum atomic E-state index is -3.86. The van der Waals surface area contributed by atoms with E-state index < -0.39 is 22.5 Å². The fourth-order valence-electron chi connectivity index (χ4n) is 3.43. The molecule has 34 heavy (non-hydrogen) atoms. The number of sulfonamides is 1.